The van der Waals surface area contributed by atoms with Gasteiger partial charge in [0.25, 0.3) is 0 Å². The molecule has 18 heavy (non-hydrogen) atoms. The van der Waals surface area contributed by atoms with Crippen LogP contribution in [0.1, 0.15) is 24.8 Å². The fraction of sp³-hybridized carbons (Fsp3) is 0.467. The molecule has 1 nitrogen and oxygen atoms in total. The summed E-state index contributed by atoms with van der Waals surface area (Å²) in [6.07, 6.45) is 8.64. The molecular weight excluding hydrogens is 310 g/mol. The van der Waals surface area contributed by atoms with E-state index in [0.29, 0.717) is 6.04 Å². The van der Waals surface area contributed by atoms with Gasteiger partial charge in [-0.1, -0.05) is 52.2 Å². The molecule has 0 radical (unpaired) electrons. The lowest BCUT2D eigenvalue weighted by Gasteiger charge is -2.13. The van der Waals surface area contributed by atoms with Crippen molar-refractivity contribution in [2.45, 2.75) is 25.3 Å². The highest BCUT2D eigenvalue weighted by Gasteiger charge is 2.37. The topological polar surface area (TPSA) is 12.0 Å². The summed E-state index contributed by atoms with van der Waals surface area (Å²) in [5, 5.41) is 4.43. The summed E-state index contributed by atoms with van der Waals surface area (Å²) in [6.45, 7) is 1.19. The average molecular weight is 327 g/mol. The molecule has 3 unspecified atom stereocenters. The van der Waals surface area contributed by atoms with Gasteiger partial charge in [-0.3, -0.25) is 0 Å². The number of rotatable bonds is 2. The molecule has 3 rings (SSSR count). The maximum absolute atomic E-state index is 6.22. The van der Waals surface area contributed by atoms with E-state index in [1.807, 2.05) is 12.1 Å². The molecule has 0 spiro atoms. The Balaban J connectivity index is 1.74. The maximum Gasteiger partial charge on any atom is 0.0489 e. The van der Waals surface area contributed by atoms with Gasteiger partial charge in [0.1, 0.15) is 0 Å². The lowest BCUT2D eigenvalue weighted by Crippen LogP contribution is -2.23. The molecule has 1 aromatic carbocycles. The predicted molar refractivity (Wildman–Crippen MR) is 80.8 cm³/mol. The second-order valence-corrected chi connectivity index (χ2v) is 6.64. The van der Waals surface area contributed by atoms with Crippen LogP contribution in [-0.2, 0) is 0 Å². The van der Waals surface area contributed by atoms with Crippen LogP contribution < -0.4 is 5.32 Å². The Hall–Kier alpha value is -0.310. The molecule has 96 valence electrons. The number of nitrogens with one attached hydrogen (secondary N) is 1. The van der Waals surface area contributed by atoms with Crippen LogP contribution >= 0.6 is 27.5 Å². The van der Waals surface area contributed by atoms with Crippen LogP contribution in [0.4, 0.5) is 0 Å². The van der Waals surface area contributed by atoms with Crippen LogP contribution in [0.2, 0.25) is 5.02 Å². The number of hydrogen-bond donors (Lipinski definition) is 1. The van der Waals surface area contributed by atoms with Crippen LogP contribution in [0.15, 0.2) is 28.7 Å². The zero-order valence-corrected chi connectivity index (χ0v) is 12.5. The van der Waals surface area contributed by atoms with Gasteiger partial charge in [0.2, 0.25) is 0 Å². The highest BCUT2D eigenvalue weighted by molar-refractivity contribution is 9.10. The van der Waals surface area contributed by atoms with E-state index in [1.54, 1.807) is 0 Å². The van der Waals surface area contributed by atoms with Crippen molar-refractivity contribution in [3.05, 3.63) is 39.3 Å². The van der Waals surface area contributed by atoms with Crippen LogP contribution in [0.25, 0.3) is 6.08 Å². The summed E-state index contributed by atoms with van der Waals surface area (Å²) < 4.78 is 1.03. The van der Waals surface area contributed by atoms with E-state index in [-0.39, 0.29) is 0 Å². The monoisotopic (exact) mass is 325 g/mol. The van der Waals surface area contributed by atoms with E-state index in [0.717, 1.165) is 26.9 Å². The quantitative estimate of drug-likeness (QED) is 0.843. The Kier molecular flexibility index (Phi) is 3.78. The van der Waals surface area contributed by atoms with Gasteiger partial charge < -0.3 is 5.32 Å². The first kappa shape index (κ1) is 12.7. The number of benzene rings is 1. The minimum atomic E-state index is 0.539. The highest BCUT2D eigenvalue weighted by atomic mass is 79.9. The largest absolute Gasteiger partial charge is 0.310 e. The third kappa shape index (κ3) is 2.52. The van der Waals surface area contributed by atoms with Gasteiger partial charge in [-0.05, 0) is 48.9 Å². The van der Waals surface area contributed by atoms with Gasteiger partial charge in [-0.25, -0.2) is 0 Å². The molecule has 1 aromatic rings. The minimum Gasteiger partial charge on any atom is -0.310 e. The zero-order valence-electron chi connectivity index (χ0n) is 10.2. The Morgan fingerprint density at radius 3 is 3.06 bits per heavy atom. The van der Waals surface area contributed by atoms with Crippen LogP contribution in [0, 0.1) is 11.8 Å². The van der Waals surface area contributed by atoms with Crippen molar-refractivity contribution in [3.8, 4) is 0 Å². The van der Waals surface area contributed by atoms with Crippen molar-refractivity contribution in [1.82, 2.24) is 5.32 Å². The number of fused-ring (bicyclic) bond motifs is 1. The summed E-state index contributed by atoms with van der Waals surface area (Å²) in [5.41, 5.74) is 1.10. The van der Waals surface area contributed by atoms with Gasteiger partial charge in [-0.2, -0.15) is 0 Å². The normalized spacial score (nSPS) is 31.1. The smallest absolute Gasteiger partial charge is 0.0489 e. The first-order valence-electron chi connectivity index (χ1n) is 6.60. The molecule has 1 saturated carbocycles. The second kappa shape index (κ2) is 5.36. The van der Waals surface area contributed by atoms with E-state index in [9.17, 15) is 0 Å². The molecule has 0 amide bonds. The molecule has 3 heteroatoms. The first-order valence-corrected chi connectivity index (χ1v) is 7.78. The van der Waals surface area contributed by atoms with Crippen molar-refractivity contribution in [1.29, 1.82) is 0 Å². The Morgan fingerprint density at radius 1 is 1.33 bits per heavy atom. The van der Waals surface area contributed by atoms with Crippen LogP contribution in [0.3, 0.4) is 0 Å². The Bertz CT molecular complexity index is 472. The van der Waals surface area contributed by atoms with Gasteiger partial charge in [0, 0.05) is 15.5 Å². The summed E-state index contributed by atoms with van der Waals surface area (Å²) in [5.74, 6) is 1.75. The van der Waals surface area contributed by atoms with Crippen molar-refractivity contribution < 1.29 is 0 Å². The molecule has 1 saturated heterocycles. The SMILES string of the molecule is Clc1cc(Br)ccc1/C=C/C1NCC2CCCC21. The summed E-state index contributed by atoms with van der Waals surface area (Å²) in [7, 11) is 0. The van der Waals surface area contributed by atoms with Crippen molar-refractivity contribution in [3.63, 3.8) is 0 Å². The molecular formula is C15H17BrClN. The van der Waals surface area contributed by atoms with Crippen LogP contribution in [-0.4, -0.2) is 12.6 Å². The van der Waals surface area contributed by atoms with Gasteiger partial charge in [0.15, 0.2) is 0 Å². The predicted octanol–water partition coefficient (Wildman–Crippen LogP) is 4.50. The lowest BCUT2D eigenvalue weighted by atomic mass is 9.93. The third-order valence-electron chi connectivity index (χ3n) is 4.24. The van der Waals surface area contributed by atoms with E-state index in [1.165, 1.54) is 25.8 Å². The van der Waals surface area contributed by atoms with E-state index in [2.05, 4.69) is 39.5 Å². The molecule has 0 bridgehead atoms. The zero-order chi connectivity index (χ0) is 12.5. The van der Waals surface area contributed by atoms with E-state index in [4.69, 9.17) is 11.6 Å². The standard InChI is InChI=1S/C15H17BrClN/c16-12-6-4-10(14(17)8-12)5-7-15-13-3-1-2-11(13)9-18-15/h4-8,11,13,15,18H,1-3,9H2/b7-5+. The fourth-order valence-electron chi connectivity index (χ4n) is 3.29. The minimum absolute atomic E-state index is 0.539. The molecule has 0 aromatic heterocycles. The summed E-state index contributed by atoms with van der Waals surface area (Å²) >= 11 is 9.65. The molecule has 1 N–H and O–H groups in total. The van der Waals surface area contributed by atoms with Crippen molar-refractivity contribution in [2.75, 3.05) is 6.54 Å². The molecule has 2 aliphatic rings. The summed E-state index contributed by atoms with van der Waals surface area (Å²) in [6, 6.07) is 6.58. The third-order valence-corrected chi connectivity index (χ3v) is 5.06. The van der Waals surface area contributed by atoms with E-state index >= 15 is 0 Å². The molecule has 2 fully saturated rings. The van der Waals surface area contributed by atoms with E-state index < -0.39 is 0 Å². The van der Waals surface area contributed by atoms with Gasteiger partial charge in [0.05, 0.1) is 0 Å². The Morgan fingerprint density at radius 2 is 2.22 bits per heavy atom. The summed E-state index contributed by atoms with van der Waals surface area (Å²) in [4.78, 5) is 0. The maximum atomic E-state index is 6.22. The van der Waals surface area contributed by atoms with Gasteiger partial charge >= 0.3 is 0 Å². The van der Waals surface area contributed by atoms with Crippen molar-refractivity contribution in [2.24, 2.45) is 11.8 Å². The average Bonchev–Trinajstić information content (AvgIpc) is 2.91. The highest BCUT2D eigenvalue weighted by Crippen LogP contribution is 2.38. The second-order valence-electron chi connectivity index (χ2n) is 5.31. The number of hydrogen-bond acceptors (Lipinski definition) is 1. The lowest BCUT2D eigenvalue weighted by molar-refractivity contribution is 0.456. The molecule has 1 aliphatic heterocycles. The number of halogens is 2. The molecule has 1 aliphatic carbocycles. The van der Waals surface area contributed by atoms with Gasteiger partial charge in [-0.15, -0.1) is 0 Å². The Labute approximate surface area is 122 Å². The fourth-order valence-corrected chi connectivity index (χ4v) is 4.02. The van der Waals surface area contributed by atoms with Crippen LogP contribution in [0.5, 0.6) is 0 Å². The molecule has 3 atom stereocenters. The molecule has 1 heterocycles. The first-order chi connectivity index (χ1) is 8.74. The van der Waals surface area contributed by atoms with Crippen molar-refractivity contribution >= 4 is 33.6 Å².